The lowest BCUT2D eigenvalue weighted by Gasteiger charge is -2.14. The fourth-order valence-corrected chi connectivity index (χ4v) is 1.90. The zero-order chi connectivity index (χ0) is 14.5. The average Bonchev–Trinajstić information content (AvgIpc) is 2.48. The molecular formula is C16H15NO3. The first-order valence-corrected chi connectivity index (χ1v) is 6.27. The summed E-state index contributed by atoms with van der Waals surface area (Å²) in [5.41, 5.74) is 1.44. The van der Waals surface area contributed by atoms with Crippen LogP contribution in [0.5, 0.6) is 0 Å². The molecule has 0 saturated heterocycles. The maximum absolute atomic E-state index is 12.1. The zero-order valence-electron chi connectivity index (χ0n) is 11.0. The van der Waals surface area contributed by atoms with Gasteiger partial charge in [-0.25, -0.2) is 4.79 Å². The van der Waals surface area contributed by atoms with Gasteiger partial charge < -0.3 is 10.4 Å². The summed E-state index contributed by atoms with van der Waals surface area (Å²) in [6.45, 7) is 1.88. The molecule has 0 aliphatic heterocycles. The van der Waals surface area contributed by atoms with Gasteiger partial charge in [0.25, 0.3) is 5.91 Å². The predicted molar refractivity (Wildman–Crippen MR) is 75.7 cm³/mol. The highest BCUT2D eigenvalue weighted by molar-refractivity contribution is 5.97. The Labute approximate surface area is 117 Å². The minimum absolute atomic E-state index is 0.102. The maximum Gasteiger partial charge on any atom is 0.335 e. The van der Waals surface area contributed by atoms with Crippen LogP contribution in [0.1, 0.15) is 39.2 Å². The van der Waals surface area contributed by atoms with Crippen LogP contribution in [-0.4, -0.2) is 17.0 Å². The van der Waals surface area contributed by atoms with Gasteiger partial charge in [-0.2, -0.15) is 0 Å². The minimum Gasteiger partial charge on any atom is -0.478 e. The Morgan fingerprint density at radius 1 is 1.00 bits per heavy atom. The normalized spacial score (nSPS) is 11.7. The molecule has 2 aromatic carbocycles. The number of carboxylic acid groups (broad SMARTS) is 1. The van der Waals surface area contributed by atoms with Crippen LogP contribution in [0.4, 0.5) is 0 Å². The average molecular weight is 269 g/mol. The van der Waals surface area contributed by atoms with Crippen molar-refractivity contribution in [2.45, 2.75) is 13.0 Å². The van der Waals surface area contributed by atoms with E-state index in [1.165, 1.54) is 12.1 Å². The molecule has 0 spiro atoms. The van der Waals surface area contributed by atoms with E-state index in [0.29, 0.717) is 5.56 Å². The molecule has 0 radical (unpaired) electrons. The lowest BCUT2D eigenvalue weighted by molar-refractivity contribution is 0.0697. The Balaban J connectivity index is 2.12. The molecule has 0 unspecified atom stereocenters. The van der Waals surface area contributed by atoms with Gasteiger partial charge in [0.2, 0.25) is 0 Å². The van der Waals surface area contributed by atoms with Crippen LogP contribution in [-0.2, 0) is 0 Å². The second kappa shape index (κ2) is 6.02. The summed E-state index contributed by atoms with van der Waals surface area (Å²) in [5.74, 6) is -1.33. The van der Waals surface area contributed by atoms with E-state index in [1.807, 2.05) is 37.3 Å². The van der Waals surface area contributed by atoms with Gasteiger partial charge in [-0.15, -0.1) is 0 Å². The molecule has 0 aromatic heterocycles. The van der Waals surface area contributed by atoms with Gasteiger partial charge in [-0.3, -0.25) is 4.79 Å². The van der Waals surface area contributed by atoms with Gasteiger partial charge >= 0.3 is 5.97 Å². The molecule has 0 aliphatic carbocycles. The maximum atomic E-state index is 12.1. The van der Waals surface area contributed by atoms with Crippen LogP contribution in [0.25, 0.3) is 0 Å². The lowest BCUT2D eigenvalue weighted by atomic mass is 10.1. The number of hydrogen-bond acceptors (Lipinski definition) is 2. The molecule has 102 valence electrons. The van der Waals surface area contributed by atoms with Crippen molar-refractivity contribution in [1.29, 1.82) is 0 Å². The van der Waals surface area contributed by atoms with E-state index in [0.717, 1.165) is 5.56 Å². The molecule has 1 amide bonds. The Bertz CT molecular complexity index is 623. The summed E-state index contributed by atoms with van der Waals surface area (Å²) in [4.78, 5) is 23.0. The van der Waals surface area contributed by atoms with Gasteiger partial charge in [-0.1, -0.05) is 36.4 Å². The third kappa shape index (κ3) is 3.23. The number of nitrogens with one attached hydrogen (secondary N) is 1. The van der Waals surface area contributed by atoms with Crippen molar-refractivity contribution < 1.29 is 14.7 Å². The number of benzene rings is 2. The summed E-state index contributed by atoms with van der Waals surface area (Å²) in [5, 5.41) is 11.8. The number of hydrogen-bond donors (Lipinski definition) is 2. The van der Waals surface area contributed by atoms with Crippen molar-refractivity contribution in [3.8, 4) is 0 Å². The predicted octanol–water partition coefficient (Wildman–Crippen LogP) is 2.88. The molecule has 4 nitrogen and oxygen atoms in total. The van der Waals surface area contributed by atoms with Gasteiger partial charge in [0.1, 0.15) is 0 Å². The Hall–Kier alpha value is -2.62. The summed E-state index contributed by atoms with van der Waals surface area (Å²) >= 11 is 0. The highest BCUT2D eigenvalue weighted by atomic mass is 16.4. The van der Waals surface area contributed by atoms with Crippen molar-refractivity contribution in [2.24, 2.45) is 0 Å². The molecule has 0 saturated carbocycles. The van der Waals surface area contributed by atoms with Crippen LogP contribution < -0.4 is 5.32 Å². The Kier molecular flexibility index (Phi) is 4.15. The third-order valence-corrected chi connectivity index (χ3v) is 3.02. The van der Waals surface area contributed by atoms with Gasteiger partial charge in [0.15, 0.2) is 0 Å². The summed E-state index contributed by atoms with van der Waals surface area (Å²) in [6, 6.07) is 15.4. The first kappa shape index (κ1) is 13.8. The third-order valence-electron chi connectivity index (χ3n) is 3.02. The van der Waals surface area contributed by atoms with E-state index in [-0.39, 0.29) is 17.5 Å². The monoisotopic (exact) mass is 269 g/mol. The van der Waals surface area contributed by atoms with Crippen LogP contribution in [0.3, 0.4) is 0 Å². The highest BCUT2D eigenvalue weighted by Crippen LogP contribution is 2.13. The van der Waals surface area contributed by atoms with Gasteiger partial charge in [-0.05, 0) is 30.7 Å². The molecule has 0 aliphatic rings. The van der Waals surface area contributed by atoms with Crippen LogP contribution in [0, 0.1) is 0 Å². The van der Waals surface area contributed by atoms with E-state index in [9.17, 15) is 9.59 Å². The lowest BCUT2D eigenvalue weighted by Crippen LogP contribution is -2.26. The molecule has 0 fully saturated rings. The molecular weight excluding hydrogens is 254 g/mol. The number of amides is 1. The molecule has 2 rings (SSSR count). The number of carbonyl (C=O) groups is 2. The number of rotatable bonds is 4. The van der Waals surface area contributed by atoms with Crippen molar-refractivity contribution in [3.63, 3.8) is 0 Å². The highest BCUT2D eigenvalue weighted by Gasteiger charge is 2.12. The van der Waals surface area contributed by atoms with Crippen molar-refractivity contribution in [3.05, 3.63) is 71.3 Å². The molecule has 0 bridgehead atoms. The second-order valence-corrected chi connectivity index (χ2v) is 4.49. The van der Waals surface area contributed by atoms with E-state index >= 15 is 0 Å². The van der Waals surface area contributed by atoms with Crippen LogP contribution >= 0.6 is 0 Å². The molecule has 4 heteroatoms. The quantitative estimate of drug-likeness (QED) is 0.896. The summed E-state index contributed by atoms with van der Waals surface area (Å²) in [6.07, 6.45) is 0. The summed E-state index contributed by atoms with van der Waals surface area (Å²) < 4.78 is 0. The molecule has 20 heavy (non-hydrogen) atoms. The van der Waals surface area contributed by atoms with Crippen molar-refractivity contribution in [2.75, 3.05) is 0 Å². The van der Waals surface area contributed by atoms with E-state index in [1.54, 1.807) is 12.1 Å². The Morgan fingerprint density at radius 3 is 2.30 bits per heavy atom. The summed E-state index contributed by atoms with van der Waals surface area (Å²) in [7, 11) is 0. The van der Waals surface area contributed by atoms with E-state index in [2.05, 4.69) is 5.32 Å². The molecule has 1 atom stereocenters. The number of carbonyl (C=O) groups excluding carboxylic acids is 1. The first-order chi connectivity index (χ1) is 9.58. The zero-order valence-corrected chi connectivity index (χ0v) is 11.0. The first-order valence-electron chi connectivity index (χ1n) is 6.27. The van der Waals surface area contributed by atoms with Crippen molar-refractivity contribution in [1.82, 2.24) is 5.32 Å². The van der Waals surface area contributed by atoms with Crippen LogP contribution in [0.15, 0.2) is 54.6 Å². The molecule has 2 aromatic rings. The number of aromatic carboxylic acids is 1. The van der Waals surface area contributed by atoms with Crippen LogP contribution in [0.2, 0.25) is 0 Å². The Morgan fingerprint density at radius 2 is 1.65 bits per heavy atom. The number of carboxylic acids is 1. The molecule has 2 N–H and O–H groups in total. The fourth-order valence-electron chi connectivity index (χ4n) is 1.90. The van der Waals surface area contributed by atoms with Gasteiger partial charge in [0, 0.05) is 5.56 Å². The molecule has 0 heterocycles. The largest absolute Gasteiger partial charge is 0.478 e. The second-order valence-electron chi connectivity index (χ2n) is 4.49. The fraction of sp³-hybridized carbons (Fsp3) is 0.125. The topological polar surface area (TPSA) is 66.4 Å². The smallest absolute Gasteiger partial charge is 0.335 e. The SMILES string of the molecule is C[C@@H](NC(=O)c1cccc(C(=O)O)c1)c1ccccc1. The van der Waals surface area contributed by atoms with Crippen molar-refractivity contribution >= 4 is 11.9 Å². The van der Waals surface area contributed by atoms with Gasteiger partial charge in [0.05, 0.1) is 11.6 Å². The van der Waals surface area contributed by atoms with E-state index in [4.69, 9.17) is 5.11 Å². The standard InChI is InChI=1S/C16H15NO3/c1-11(12-6-3-2-4-7-12)17-15(18)13-8-5-9-14(10-13)16(19)20/h2-11H,1H3,(H,17,18)(H,19,20)/t11-/m1/s1. The van der Waals surface area contributed by atoms with E-state index < -0.39 is 5.97 Å². The minimum atomic E-state index is -1.05.